The quantitative estimate of drug-likeness (QED) is 0.461. The Morgan fingerprint density at radius 2 is 1.50 bits per heavy atom. The lowest BCUT2D eigenvalue weighted by Crippen LogP contribution is -2.27. The van der Waals surface area contributed by atoms with Crippen molar-refractivity contribution in [2.75, 3.05) is 0 Å². The first-order chi connectivity index (χ1) is 5.52. The van der Waals surface area contributed by atoms with Gasteiger partial charge >= 0.3 is 0 Å². The summed E-state index contributed by atoms with van der Waals surface area (Å²) in [6.45, 7) is 7.77. The minimum Gasteiger partial charge on any atom is -0.313 e. The van der Waals surface area contributed by atoms with E-state index in [1.54, 1.807) is 6.55 Å². The topological polar surface area (TPSA) is 0 Å². The molecule has 0 bridgehead atoms. The van der Waals surface area contributed by atoms with E-state index in [-0.39, 0.29) is 0 Å². The summed E-state index contributed by atoms with van der Waals surface area (Å²) in [6.07, 6.45) is 0. The SMILES string of the molecule is Cc1cc(C)c([SiH](C)F)c(C)c1. The highest BCUT2D eigenvalue weighted by Crippen LogP contribution is 2.07. The molecule has 0 saturated carbocycles. The summed E-state index contributed by atoms with van der Waals surface area (Å²) in [5.41, 5.74) is 3.46. The maximum Gasteiger partial charge on any atom is 0.260 e. The van der Waals surface area contributed by atoms with Gasteiger partial charge in [-0.2, -0.15) is 0 Å². The van der Waals surface area contributed by atoms with Gasteiger partial charge in [0.2, 0.25) is 0 Å². The van der Waals surface area contributed by atoms with E-state index >= 15 is 0 Å². The van der Waals surface area contributed by atoms with Crippen LogP contribution in [0.25, 0.3) is 0 Å². The van der Waals surface area contributed by atoms with Gasteiger partial charge < -0.3 is 4.11 Å². The number of aryl methyl sites for hydroxylation is 3. The molecule has 0 aromatic heterocycles. The van der Waals surface area contributed by atoms with Gasteiger partial charge in [0.15, 0.2) is 0 Å². The Morgan fingerprint density at radius 1 is 1.08 bits per heavy atom. The molecule has 0 heterocycles. The average molecular weight is 182 g/mol. The average Bonchev–Trinajstić information content (AvgIpc) is 1.82. The molecular formula is C10H15FSi. The van der Waals surface area contributed by atoms with Gasteiger partial charge in [-0.25, -0.2) is 0 Å². The maximum absolute atomic E-state index is 13.2. The van der Waals surface area contributed by atoms with Crippen LogP contribution in [0.2, 0.25) is 6.55 Å². The largest absolute Gasteiger partial charge is 0.313 e. The fourth-order valence-electron chi connectivity index (χ4n) is 1.82. The highest BCUT2D eigenvalue weighted by atomic mass is 28.3. The molecule has 2 heteroatoms. The van der Waals surface area contributed by atoms with Crippen LogP contribution in [-0.4, -0.2) is 9.13 Å². The van der Waals surface area contributed by atoms with E-state index in [1.807, 2.05) is 20.8 Å². The molecule has 0 aliphatic carbocycles. The van der Waals surface area contributed by atoms with Crippen molar-refractivity contribution < 1.29 is 4.11 Å². The van der Waals surface area contributed by atoms with E-state index in [2.05, 4.69) is 12.1 Å². The Hall–Kier alpha value is -0.633. The molecule has 0 N–H and O–H groups in total. The third kappa shape index (κ3) is 1.75. The van der Waals surface area contributed by atoms with Crippen molar-refractivity contribution in [3.63, 3.8) is 0 Å². The van der Waals surface area contributed by atoms with Crippen LogP contribution in [-0.2, 0) is 0 Å². The molecule has 0 aliphatic heterocycles. The molecule has 0 radical (unpaired) electrons. The summed E-state index contributed by atoms with van der Waals surface area (Å²) in [4.78, 5) is 0. The van der Waals surface area contributed by atoms with Crippen molar-refractivity contribution in [3.8, 4) is 0 Å². The predicted octanol–water partition coefficient (Wildman–Crippen LogP) is 2.14. The van der Waals surface area contributed by atoms with Crippen molar-refractivity contribution >= 4 is 14.3 Å². The second kappa shape index (κ2) is 3.40. The highest BCUT2D eigenvalue weighted by molar-refractivity contribution is 6.66. The van der Waals surface area contributed by atoms with Crippen molar-refractivity contribution in [2.24, 2.45) is 0 Å². The van der Waals surface area contributed by atoms with Crippen LogP contribution in [0.15, 0.2) is 12.1 Å². The summed E-state index contributed by atoms with van der Waals surface area (Å²) in [7, 11) is -2.13. The Kier molecular flexibility index (Phi) is 2.68. The van der Waals surface area contributed by atoms with Crippen molar-refractivity contribution in [1.29, 1.82) is 0 Å². The summed E-state index contributed by atoms with van der Waals surface area (Å²) in [5.74, 6) is 0. The van der Waals surface area contributed by atoms with Crippen LogP contribution in [0, 0.1) is 20.8 Å². The molecule has 1 rings (SSSR count). The van der Waals surface area contributed by atoms with Gasteiger partial charge in [0, 0.05) is 0 Å². The minimum absolute atomic E-state index is 0.987. The molecule has 66 valence electrons. The van der Waals surface area contributed by atoms with Crippen molar-refractivity contribution in [3.05, 3.63) is 28.8 Å². The van der Waals surface area contributed by atoms with Gasteiger partial charge in [0.25, 0.3) is 9.13 Å². The van der Waals surface area contributed by atoms with E-state index in [4.69, 9.17) is 0 Å². The van der Waals surface area contributed by atoms with Crippen LogP contribution in [0.1, 0.15) is 16.7 Å². The van der Waals surface area contributed by atoms with Crippen molar-refractivity contribution in [2.45, 2.75) is 27.3 Å². The normalized spacial score (nSPS) is 13.1. The molecular weight excluding hydrogens is 167 g/mol. The van der Waals surface area contributed by atoms with Gasteiger partial charge in [-0.05, 0) is 43.6 Å². The molecule has 1 unspecified atom stereocenters. The fraction of sp³-hybridized carbons (Fsp3) is 0.400. The zero-order valence-electron chi connectivity index (χ0n) is 8.11. The first kappa shape index (κ1) is 9.45. The number of rotatable bonds is 1. The lowest BCUT2D eigenvalue weighted by Gasteiger charge is -2.10. The maximum atomic E-state index is 13.2. The monoisotopic (exact) mass is 182 g/mol. The van der Waals surface area contributed by atoms with Crippen molar-refractivity contribution in [1.82, 2.24) is 0 Å². The molecule has 1 aromatic carbocycles. The van der Waals surface area contributed by atoms with Crippen LogP contribution in [0.3, 0.4) is 0 Å². The van der Waals surface area contributed by atoms with Gasteiger partial charge in [0.05, 0.1) is 0 Å². The van der Waals surface area contributed by atoms with Crippen LogP contribution < -0.4 is 5.19 Å². The number of halogens is 1. The van der Waals surface area contributed by atoms with Crippen LogP contribution in [0.5, 0.6) is 0 Å². The molecule has 12 heavy (non-hydrogen) atoms. The van der Waals surface area contributed by atoms with Gasteiger partial charge in [-0.1, -0.05) is 17.7 Å². The van der Waals surface area contributed by atoms with Gasteiger partial charge in [-0.15, -0.1) is 0 Å². The zero-order chi connectivity index (χ0) is 9.30. The Labute approximate surface area is 75.2 Å². The predicted molar refractivity (Wildman–Crippen MR) is 54.4 cm³/mol. The standard InChI is InChI=1S/C10H15FSi/c1-7-5-8(2)10(12(4)11)9(3)6-7/h5-6,12H,1-4H3. The fourth-order valence-corrected chi connectivity index (χ4v) is 3.24. The second-order valence-corrected chi connectivity index (χ2v) is 5.24. The summed E-state index contributed by atoms with van der Waals surface area (Å²) >= 11 is 0. The molecule has 1 aromatic rings. The lowest BCUT2D eigenvalue weighted by atomic mass is 10.1. The van der Waals surface area contributed by atoms with Crippen LogP contribution >= 0.6 is 0 Å². The molecule has 0 nitrogen and oxygen atoms in total. The van der Waals surface area contributed by atoms with E-state index in [1.165, 1.54) is 5.56 Å². The van der Waals surface area contributed by atoms with Gasteiger partial charge in [-0.3, -0.25) is 0 Å². The lowest BCUT2D eigenvalue weighted by molar-refractivity contribution is 0.855. The molecule has 0 aliphatic rings. The molecule has 0 spiro atoms. The van der Waals surface area contributed by atoms with E-state index in [9.17, 15) is 4.11 Å². The number of benzene rings is 1. The Balaban J connectivity index is 3.28. The number of hydrogen-bond donors (Lipinski definition) is 0. The molecule has 0 amide bonds. The van der Waals surface area contributed by atoms with E-state index in [0.29, 0.717) is 0 Å². The first-order valence-corrected chi connectivity index (χ1v) is 6.41. The molecule has 1 atom stereocenters. The molecule has 0 saturated heterocycles. The summed E-state index contributed by atoms with van der Waals surface area (Å²) in [6, 6.07) is 4.12. The highest BCUT2D eigenvalue weighted by Gasteiger charge is 2.12. The third-order valence-electron chi connectivity index (χ3n) is 2.14. The Bertz CT molecular complexity index is 269. The zero-order valence-corrected chi connectivity index (χ0v) is 9.26. The first-order valence-electron chi connectivity index (χ1n) is 4.24. The van der Waals surface area contributed by atoms with E-state index in [0.717, 1.165) is 16.3 Å². The summed E-state index contributed by atoms with van der Waals surface area (Å²) in [5, 5.41) is 0.987. The van der Waals surface area contributed by atoms with Gasteiger partial charge in [0.1, 0.15) is 0 Å². The number of hydrogen-bond acceptors (Lipinski definition) is 0. The summed E-state index contributed by atoms with van der Waals surface area (Å²) < 4.78 is 13.2. The minimum atomic E-state index is -2.13. The van der Waals surface area contributed by atoms with E-state index < -0.39 is 9.13 Å². The molecule has 0 fully saturated rings. The second-order valence-electron chi connectivity index (χ2n) is 3.43. The Morgan fingerprint density at radius 3 is 1.83 bits per heavy atom. The smallest absolute Gasteiger partial charge is 0.260 e. The van der Waals surface area contributed by atoms with Crippen LogP contribution in [0.4, 0.5) is 4.11 Å². The third-order valence-corrected chi connectivity index (χ3v) is 3.84.